The second kappa shape index (κ2) is 11.1. The molecule has 35 heavy (non-hydrogen) atoms. The summed E-state index contributed by atoms with van der Waals surface area (Å²) in [4.78, 5) is 15.4. The van der Waals surface area contributed by atoms with E-state index in [4.69, 9.17) is 9.84 Å². The third kappa shape index (κ3) is 6.04. The molecule has 3 aromatic carbocycles. The summed E-state index contributed by atoms with van der Waals surface area (Å²) in [7, 11) is 0. The second-order valence-electron chi connectivity index (χ2n) is 8.82. The summed E-state index contributed by atoms with van der Waals surface area (Å²) in [5, 5.41) is 7.96. The lowest BCUT2D eigenvalue weighted by Gasteiger charge is -2.26. The number of nitrogens with one attached hydrogen (secondary N) is 1. The van der Waals surface area contributed by atoms with Crippen molar-refractivity contribution in [1.29, 1.82) is 0 Å². The van der Waals surface area contributed by atoms with Gasteiger partial charge in [0.25, 0.3) is 5.91 Å². The average Bonchev–Trinajstić information content (AvgIpc) is 3.31. The summed E-state index contributed by atoms with van der Waals surface area (Å²) in [5.74, 6) is -0.0800. The Bertz CT molecular complexity index is 1250. The molecule has 1 aromatic heterocycles. The standard InChI is InChI=1S/C29H30N4O2/c34-29(26-13-7-10-24(18-26)20-32-14-16-35-17-15-32)30-19-27-22-33(21-23-8-3-1-4-9-23)31-28(27)25-11-5-2-6-12-25/h1-13,18,22H,14-17,19-21H2,(H,30,34). The molecular weight excluding hydrogens is 436 g/mol. The Morgan fingerprint density at radius 2 is 1.57 bits per heavy atom. The zero-order chi connectivity index (χ0) is 23.9. The van der Waals surface area contributed by atoms with Gasteiger partial charge >= 0.3 is 0 Å². The number of hydrogen-bond donors (Lipinski definition) is 1. The van der Waals surface area contributed by atoms with Gasteiger partial charge in [0, 0.05) is 49.1 Å². The highest BCUT2D eigenvalue weighted by Crippen LogP contribution is 2.22. The van der Waals surface area contributed by atoms with Crippen molar-refractivity contribution in [3.63, 3.8) is 0 Å². The molecule has 0 spiro atoms. The van der Waals surface area contributed by atoms with Crippen molar-refractivity contribution in [2.75, 3.05) is 26.3 Å². The smallest absolute Gasteiger partial charge is 0.251 e. The summed E-state index contributed by atoms with van der Waals surface area (Å²) in [6.45, 7) is 5.29. The maximum absolute atomic E-state index is 13.0. The summed E-state index contributed by atoms with van der Waals surface area (Å²) in [6.07, 6.45) is 2.03. The van der Waals surface area contributed by atoms with Crippen LogP contribution in [0.3, 0.4) is 0 Å². The molecule has 1 aliphatic heterocycles. The average molecular weight is 467 g/mol. The summed E-state index contributed by atoms with van der Waals surface area (Å²) in [5.41, 5.74) is 5.92. The molecule has 5 rings (SSSR count). The molecule has 4 aromatic rings. The fourth-order valence-electron chi connectivity index (χ4n) is 4.39. The van der Waals surface area contributed by atoms with E-state index in [1.165, 1.54) is 5.56 Å². The molecule has 0 atom stereocenters. The number of ether oxygens (including phenoxy) is 1. The number of amides is 1. The normalized spacial score (nSPS) is 14.1. The van der Waals surface area contributed by atoms with E-state index in [-0.39, 0.29) is 5.91 Å². The van der Waals surface area contributed by atoms with Crippen LogP contribution in [0, 0.1) is 0 Å². The van der Waals surface area contributed by atoms with Crippen LogP contribution in [0.2, 0.25) is 0 Å². The number of rotatable bonds is 8. The van der Waals surface area contributed by atoms with Crippen LogP contribution >= 0.6 is 0 Å². The van der Waals surface area contributed by atoms with Crippen molar-refractivity contribution in [3.8, 4) is 11.3 Å². The van der Waals surface area contributed by atoms with E-state index < -0.39 is 0 Å². The molecule has 6 heteroatoms. The number of benzene rings is 3. The number of morpholine rings is 1. The van der Waals surface area contributed by atoms with Crippen LogP contribution in [-0.2, 0) is 24.4 Å². The van der Waals surface area contributed by atoms with E-state index >= 15 is 0 Å². The monoisotopic (exact) mass is 466 g/mol. The molecule has 0 bridgehead atoms. The van der Waals surface area contributed by atoms with Gasteiger partial charge in [-0.05, 0) is 23.3 Å². The molecule has 0 saturated carbocycles. The van der Waals surface area contributed by atoms with Crippen LogP contribution in [0.1, 0.15) is 27.0 Å². The largest absolute Gasteiger partial charge is 0.379 e. The maximum Gasteiger partial charge on any atom is 0.251 e. The van der Waals surface area contributed by atoms with E-state index in [1.807, 2.05) is 65.5 Å². The van der Waals surface area contributed by atoms with Gasteiger partial charge in [-0.15, -0.1) is 0 Å². The van der Waals surface area contributed by atoms with Crippen LogP contribution in [0.5, 0.6) is 0 Å². The quantitative estimate of drug-likeness (QED) is 0.419. The Balaban J connectivity index is 1.30. The predicted molar refractivity (Wildman–Crippen MR) is 137 cm³/mol. The van der Waals surface area contributed by atoms with Crippen molar-refractivity contribution >= 4 is 5.91 Å². The highest BCUT2D eigenvalue weighted by Gasteiger charge is 2.15. The van der Waals surface area contributed by atoms with Gasteiger partial charge in [-0.2, -0.15) is 5.10 Å². The Morgan fingerprint density at radius 1 is 0.857 bits per heavy atom. The Hall–Kier alpha value is -3.74. The minimum absolute atomic E-state index is 0.0800. The first kappa shape index (κ1) is 23.0. The van der Waals surface area contributed by atoms with Gasteiger partial charge in [0.05, 0.1) is 25.5 Å². The molecule has 0 unspecified atom stereocenters. The first-order valence-corrected chi connectivity index (χ1v) is 12.1. The third-order valence-electron chi connectivity index (χ3n) is 6.21. The predicted octanol–water partition coefficient (Wildman–Crippen LogP) is 4.36. The van der Waals surface area contributed by atoms with Crippen molar-refractivity contribution < 1.29 is 9.53 Å². The fourth-order valence-corrected chi connectivity index (χ4v) is 4.39. The van der Waals surface area contributed by atoms with Gasteiger partial charge in [0.2, 0.25) is 0 Å². The van der Waals surface area contributed by atoms with Gasteiger partial charge in [0.1, 0.15) is 0 Å². The Labute approximate surface area is 206 Å². The number of nitrogens with zero attached hydrogens (tertiary/aromatic N) is 3. The minimum atomic E-state index is -0.0800. The van der Waals surface area contributed by atoms with Gasteiger partial charge < -0.3 is 10.1 Å². The highest BCUT2D eigenvalue weighted by molar-refractivity contribution is 5.94. The molecular formula is C29H30N4O2. The Morgan fingerprint density at radius 3 is 2.34 bits per heavy atom. The van der Waals surface area contributed by atoms with Crippen LogP contribution < -0.4 is 5.32 Å². The Kier molecular flexibility index (Phi) is 7.32. The lowest BCUT2D eigenvalue weighted by Crippen LogP contribution is -2.35. The van der Waals surface area contributed by atoms with Gasteiger partial charge in [-0.25, -0.2) is 0 Å². The number of aromatic nitrogens is 2. The lowest BCUT2D eigenvalue weighted by atomic mass is 10.1. The fraction of sp³-hybridized carbons (Fsp3) is 0.241. The minimum Gasteiger partial charge on any atom is -0.379 e. The first-order valence-electron chi connectivity index (χ1n) is 12.1. The van der Waals surface area contributed by atoms with Gasteiger partial charge in [0.15, 0.2) is 0 Å². The van der Waals surface area contributed by atoms with E-state index in [0.29, 0.717) is 18.7 Å². The van der Waals surface area contributed by atoms with E-state index in [2.05, 4.69) is 40.5 Å². The lowest BCUT2D eigenvalue weighted by molar-refractivity contribution is 0.0342. The van der Waals surface area contributed by atoms with E-state index in [1.54, 1.807) is 0 Å². The van der Waals surface area contributed by atoms with Gasteiger partial charge in [-0.1, -0.05) is 72.8 Å². The molecule has 2 heterocycles. The summed E-state index contributed by atoms with van der Waals surface area (Å²) < 4.78 is 7.38. The summed E-state index contributed by atoms with van der Waals surface area (Å²) in [6, 6.07) is 28.3. The number of hydrogen-bond acceptors (Lipinski definition) is 4. The molecule has 1 aliphatic rings. The van der Waals surface area contributed by atoms with Crippen molar-refractivity contribution in [1.82, 2.24) is 20.0 Å². The van der Waals surface area contributed by atoms with E-state index in [0.717, 1.165) is 55.2 Å². The number of carbonyl (C=O) groups is 1. The zero-order valence-electron chi connectivity index (χ0n) is 19.8. The molecule has 0 radical (unpaired) electrons. The van der Waals surface area contributed by atoms with Crippen molar-refractivity contribution in [3.05, 3.63) is 113 Å². The second-order valence-corrected chi connectivity index (χ2v) is 8.82. The van der Waals surface area contributed by atoms with Crippen LogP contribution in [0.15, 0.2) is 91.1 Å². The molecule has 1 fully saturated rings. The molecule has 6 nitrogen and oxygen atoms in total. The first-order chi connectivity index (χ1) is 17.2. The molecule has 178 valence electrons. The molecule has 0 aliphatic carbocycles. The highest BCUT2D eigenvalue weighted by atomic mass is 16.5. The number of carbonyl (C=O) groups excluding carboxylic acids is 1. The SMILES string of the molecule is O=C(NCc1cn(Cc2ccccc2)nc1-c1ccccc1)c1cccc(CN2CCOCC2)c1. The third-order valence-corrected chi connectivity index (χ3v) is 6.21. The van der Waals surface area contributed by atoms with E-state index in [9.17, 15) is 4.79 Å². The molecule has 1 saturated heterocycles. The van der Waals surface area contributed by atoms with Crippen molar-refractivity contribution in [2.45, 2.75) is 19.6 Å². The van der Waals surface area contributed by atoms with Crippen LogP contribution in [0.4, 0.5) is 0 Å². The van der Waals surface area contributed by atoms with Crippen LogP contribution in [0.25, 0.3) is 11.3 Å². The van der Waals surface area contributed by atoms with Gasteiger partial charge in [-0.3, -0.25) is 14.4 Å². The topological polar surface area (TPSA) is 59.4 Å². The summed E-state index contributed by atoms with van der Waals surface area (Å²) >= 11 is 0. The molecule has 1 N–H and O–H groups in total. The van der Waals surface area contributed by atoms with Crippen LogP contribution in [-0.4, -0.2) is 46.9 Å². The van der Waals surface area contributed by atoms with Crippen molar-refractivity contribution in [2.24, 2.45) is 0 Å². The maximum atomic E-state index is 13.0. The molecule has 1 amide bonds. The zero-order valence-corrected chi connectivity index (χ0v) is 19.8.